The molecule has 0 aromatic heterocycles. The van der Waals surface area contributed by atoms with Gasteiger partial charge in [0.15, 0.2) is 0 Å². The highest BCUT2D eigenvalue weighted by molar-refractivity contribution is 5.35. The molecule has 0 aliphatic carbocycles. The van der Waals surface area contributed by atoms with Crippen LogP contribution in [0.25, 0.3) is 0 Å². The zero-order valence-corrected chi connectivity index (χ0v) is 7.74. The average Bonchev–Trinajstić information content (AvgIpc) is 2.20. The molecule has 1 rings (SSSR count). The van der Waals surface area contributed by atoms with E-state index in [9.17, 15) is 9.18 Å². The second-order valence-electron chi connectivity index (χ2n) is 2.56. The lowest BCUT2D eigenvalue weighted by molar-refractivity contribution is 0.337. The standard InChI is InChI=1S/C10H10FNO2/c1-2-14-9-5-3-8(4-6-9)10(11)12-7-13/h3-6,10H,2H2,1H3. The molecule has 0 aliphatic heterocycles. The van der Waals surface area contributed by atoms with E-state index in [2.05, 4.69) is 4.99 Å². The molecule has 0 aliphatic rings. The van der Waals surface area contributed by atoms with Crippen LogP contribution in [0.1, 0.15) is 18.8 Å². The van der Waals surface area contributed by atoms with E-state index in [4.69, 9.17) is 4.74 Å². The summed E-state index contributed by atoms with van der Waals surface area (Å²) in [6.45, 7) is 2.42. The van der Waals surface area contributed by atoms with Crippen LogP contribution in [0, 0.1) is 0 Å². The molecule has 1 aromatic rings. The number of alkyl halides is 1. The molecule has 0 saturated carbocycles. The zero-order chi connectivity index (χ0) is 10.4. The first-order valence-electron chi connectivity index (χ1n) is 4.21. The third-order valence-corrected chi connectivity index (χ3v) is 1.63. The van der Waals surface area contributed by atoms with Crippen molar-refractivity contribution in [1.29, 1.82) is 0 Å². The molecular weight excluding hydrogens is 185 g/mol. The van der Waals surface area contributed by atoms with Crippen molar-refractivity contribution in [2.75, 3.05) is 6.61 Å². The Labute approximate surface area is 81.2 Å². The Kier molecular flexibility index (Phi) is 3.83. The highest BCUT2D eigenvalue weighted by Gasteiger charge is 2.06. The van der Waals surface area contributed by atoms with Crippen LogP contribution in [0.4, 0.5) is 4.39 Å². The normalized spacial score (nSPS) is 11.6. The second kappa shape index (κ2) is 5.14. The number of hydrogen-bond donors (Lipinski definition) is 0. The zero-order valence-electron chi connectivity index (χ0n) is 7.74. The molecule has 0 heterocycles. The minimum Gasteiger partial charge on any atom is -0.494 e. The van der Waals surface area contributed by atoms with E-state index >= 15 is 0 Å². The van der Waals surface area contributed by atoms with Gasteiger partial charge in [0.2, 0.25) is 12.4 Å². The van der Waals surface area contributed by atoms with Gasteiger partial charge in [-0.15, -0.1) is 0 Å². The van der Waals surface area contributed by atoms with Crippen molar-refractivity contribution in [2.24, 2.45) is 4.99 Å². The van der Waals surface area contributed by atoms with Crippen LogP contribution in [0.3, 0.4) is 0 Å². The van der Waals surface area contributed by atoms with Gasteiger partial charge in [-0.2, -0.15) is 4.99 Å². The van der Waals surface area contributed by atoms with Gasteiger partial charge in [-0.3, -0.25) is 0 Å². The fourth-order valence-corrected chi connectivity index (χ4v) is 1.01. The third kappa shape index (κ3) is 2.68. The van der Waals surface area contributed by atoms with Gasteiger partial charge >= 0.3 is 0 Å². The Balaban J connectivity index is 2.77. The van der Waals surface area contributed by atoms with Crippen molar-refractivity contribution in [3.8, 4) is 5.75 Å². The van der Waals surface area contributed by atoms with E-state index in [1.807, 2.05) is 6.92 Å². The molecule has 1 unspecified atom stereocenters. The number of hydrogen-bond acceptors (Lipinski definition) is 3. The topological polar surface area (TPSA) is 38.7 Å². The van der Waals surface area contributed by atoms with Gasteiger partial charge in [0, 0.05) is 5.56 Å². The molecule has 74 valence electrons. The van der Waals surface area contributed by atoms with Crippen molar-refractivity contribution < 1.29 is 13.9 Å². The van der Waals surface area contributed by atoms with Gasteiger partial charge in [0.05, 0.1) is 6.61 Å². The Hall–Kier alpha value is -1.67. The van der Waals surface area contributed by atoms with Crippen LogP contribution >= 0.6 is 0 Å². The van der Waals surface area contributed by atoms with Crippen molar-refractivity contribution in [3.05, 3.63) is 29.8 Å². The SMILES string of the molecule is CCOc1ccc(C(F)N=C=O)cc1. The smallest absolute Gasteiger partial charge is 0.238 e. The summed E-state index contributed by atoms with van der Waals surface area (Å²) in [7, 11) is 0. The lowest BCUT2D eigenvalue weighted by atomic mass is 10.2. The molecule has 1 atom stereocenters. The lowest BCUT2D eigenvalue weighted by Gasteiger charge is -2.04. The van der Waals surface area contributed by atoms with E-state index in [-0.39, 0.29) is 0 Å². The maximum absolute atomic E-state index is 13.0. The molecule has 0 N–H and O–H groups in total. The number of nitrogens with zero attached hydrogens (tertiary/aromatic N) is 1. The van der Waals surface area contributed by atoms with Crippen molar-refractivity contribution in [3.63, 3.8) is 0 Å². The summed E-state index contributed by atoms with van der Waals surface area (Å²) in [5, 5.41) is 0. The van der Waals surface area contributed by atoms with Gasteiger partial charge in [0.1, 0.15) is 5.75 Å². The molecule has 1 aromatic carbocycles. The molecule has 0 amide bonds. The molecule has 0 bridgehead atoms. The average molecular weight is 195 g/mol. The lowest BCUT2D eigenvalue weighted by Crippen LogP contribution is -1.92. The van der Waals surface area contributed by atoms with Crippen LogP contribution in [0.5, 0.6) is 5.75 Å². The second-order valence-corrected chi connectivity index (χ2v) is 2.56. The minimum atomic E-state index is -1.64. The van der Waals surface area contributed by atoms with Gasteiger partial charge in [-0.25, -0.2) is 9.18 Å². The molecule has 0 fully saturated rings. The number of halogens is 1. The number of aliphatic imine (C=N–C) groups is 1. The summed E-state index contributed by atoms with van der Waals surface area (Å²) < 4.78 is 18.2. The summed E-state index contributed by atoms with van der Waals surface area (Å²) in [5.41, 5.74) is 0.316. The summed E-state index contributed by atoms with van der Waals surface area (Å²) in [5.74, 6) is 0.665. The Morgan fingerprint density at radius 2 is 2.14 bits per heavy atom. The minimum absolute atomic E-state index is 0.316. The van der Waals surface area contributed by atoms with Crippen LogP contribution in [0.2, 0.25) is 0 Å². The summed E-state index contributed by atoms with van der Waals surface area (Å²) in [4.78, 5) is 12.8. The largest absolute Gasteiger partial charge is 0.494 e. The summed E-state index contributed by atoms with van der Waals surface area (Å²) >= 11 is 0. The fourth-order valence-electron chi connectivity index (χ4n) is 1.01. The van der Waals surface area contributed by atoms with Gasteiger partial charge in [-0.05, 0) is 19.1 Å². The van der Waals surface area contributed by atoms with E-state index in [0.717, 1.165) is 0 Å². The van der Waals surface area contributed by atoms with Crippen LogP contribution < -0.4 is 4.74 Å². The number of benzene rings is 1. The summed E-state index contributed by atoms with van der Waals surface area (Å²) in [6.07, 6.45) is -0.461. The predicted molar refractivity (Wildman–Crippen MR) is 49.6 cm³/mol. The molecule has 4 heteroatoms. The molecule has 3 nitrogen and oxygen atoms in total. The fraction of sp³-hybridized carbons (Fsp3) is 0.300. The van der Waals surface area contributed by atoms with Crippen LogP contribution in [0.15, 0.2) is 29.3 Å². The first-order chi connectivity index (χ1) is 6.77. The Morgan fingerprint density at radius 1 is 1.50 bits per heavy atom. The number of isocyanates is 1. The highest BCUT2D eigenvalue weighted by atomic mass is 19.1. The van der Waals surface area contributed by atoms with Gasteiger partial charge in [0.25, 0.3) is 0 Å². The maximum Gasteiger partial charge on any atom is 0.238 e. The molecule has 0 radical (unpaired) electrons. The predicted octanol–water partition coefficient (Wildman–Crippen LogP) is 2.39. The highest BCUT2D eigenvalue weighted by Crippen LogP contribution is 2.21. The van der Waals surface area contributed by atoms with E-state index < -0.39 is 6.30 Å². The van der Waals surface area contributed by atoms with E-state index in [1.165, 1.54) is 18.2 Å². The van der Waals surface area contributed by atoms with Gasteiger partial charge in [-0.1, -0.05) is 12.1 Å². The molecule has 14 heavy (non-hydrogen) atoms. The van der Waals surface area contributed by atoms with Crippen molar-refractivity contribution in [2.45, 2.75) is 13.2 Å². The summed E-state index contributed by atoms with van der Waals surface area (Å²) in [6, 6.07) is 6.31. The Bertz CT molecular complexity index is 330. The first kappa shape index (κ1) is 10.4. The quantitative estimate of drug-likeness (QED) is 0.420. The van der Waals surface area contributed by atoms with Crippen molar-refractivity contribution in [1.82, 2.24) is 0 Å². The monoisotopic (exact) mass is 195 g/mol. The number of ether oxygens (including phenoxy) is 1. The van der Waals surface area contributed by atoms with Crippen molar-refractivity contribution >= 4 is 6.08 Å². The van der Waals surface area contributed by atoms with E-state index in [1.54, 1.807) is 12.1 Å². The van der Waals surface area contributed by atoms with Crippen LogP contribution in [-0.2, 0) is 4.79 Å². The third-order valence-electron chi connectivity index (χ3n) is 1.63. The molecular formula is C10H10FNO2. The maximum atomic E-state index is 13.0. The Morgan fingerprint density at radius 3 is 2.64 bits per heavy atom. The molecule has 0 saturated heterocycles. The van der Waals surface area contributed by atoms with E-state index in [0.29, 0.717) is 17.9 Å². The van der Waals surface area contributed by atoms with Gasteiger partial charge < -0.3 is 4.74 Å². The van der Waals surface area contributed by atoms with Crippen LogP contribution in [-0.4, -0.2) is 12.7 Å². The molecule has 0 spiro atoms. The number of carbonyl (C=O) groups excluding carboxylic acids is 1. The first-order valence-corrected chi connectivity index (χ1v) is 4.21. The number of rotatable bonds is 4.